The minimum Gasteiger partial charge on any atom is -1.00 e. The van der Waals surface area contributed by atoms with Crippen LogP contribution in [0.25, 0.3) is 0 Å². The van der Waals surface area contributed by atoms with Crippen LogP contribution >= 0.6 is 0 Å². The molecule has 4 rings (SSSR count). The van der Waals surface area contributed by atoms with Crippen LogP contribution in [-0.2, 0) is 23.2 Å². The first-order chi connectivity index (χ1) is 10.3. The molecule has 4 aliphatic rings. The van der Waals surface area contributed by atoms with E-state index in [4.69, 9.17) is 0 Å². The van der Waals surface area contributed by atoms with Crippen LogP contribution in [0.1, 0.15) is 39.0 Å². The normalized spacial score (nSPS) is 27.6. The van der Waals surface area contributed by atoms with E-state index in [0.29, 0.717) is 0 Å². The third-order valence-electron chi connectivity index (χ3n) is 5.22. The topological polar surface area (TPSA) is 0 Å². The van der Waals surface area contributed by atoms with Gasteiger partial charge in [-0.05, 0) is 0 Å². The summed E-state index contributed by atoms with van der Waals surface area (Å²) >= 11 is -0.534. The molecular formula is C20H22Cl2Zr. The van der Waals surface area contributed by atoms with Gasteiger partial charge in [-0.2, -0.15) is 0 Å². The molecule has 0 heterocycles. The molecule has 120 valence electrons. The number of allylic oxidation sites excluding steroid dienone is 12. The van der Waals surface area contributed by atoms with Crippen LogP contribution in [0.5, 0.6) is 0 Å². The van der Waals surface area contributed by atoms with Crippen LogP contribution in [0.3, 0.4) is 0 Å². The Bertz CT molecular complexity index is 647. The summed E-state index contributed by atoms with van der Waals surface area (Å²) in [6.07, 6.45) is 23.2. The molecule has 0 aliphatic heterocycles. The number of halogens is 2. The van der Waals surface area contributed by atoms with Crippen molar-refractivity contribution in [2.75, 3.05) is 0 Å². The smallest absolute Gasteiger partial charge is 1.00 e. The first kappa shape index (κ1) is 19.2. The zero-order chi connectivity index (χ0) is 14.2. The van der Waals surface area contributed by atoms with Crippen molar-refractivity contribution in [2.24, 2.45) is 5.92 Å². The summed E-state index contributed by atoms with van der Waals surface area (Å²) in [6.45, 7) is 2.35. The van der Waals surface area contributed by atoms with E-state index in [2.05, 4.69) is 49.5 Å². The summed E-state index contributed by atoms with van der Waals surface area (Å²) in [5.41, 5.74) is 6.62. The monoisotopic (exact) mass is 422 g/mol. The fourth-order valence-electron chi connectivity index (χ4n) is 4.12. The summed E-state index contributed by atoms with van der Waals surface area (Å²) in [7, 11) is 0. The van der Waals surface area contributed by atoms with Gasteiger partial charge in [0.25, 0.3) is 0 Å². The molecule has 0 radical (unpaired) electrons. The van der Waals surface area contributed by atoms with Crippen LogP contribution < -0.4 is 24.8 Å². The van der Waals surface area contributed by atoms with E-state index in [-0.39, 0.29) is 24.8 Å². The van der Waals surface area contributed by atoms with Gasteiger partial charge in [0.1, 0.15) is 0 Å². The van der Waals surface area contributed by atoms with E-state index >= 15 is 0 Å². The molecule has 0 aromatic rings. The maximum absolute atomic E-state index is 2.48. The van der Waals surface area contributed by atoms with E-state index in [1.165, 1.54) is 32.1 Å². The van der Waals surface area contributed by atoms with Gasteiger partial charge in [-0.15, -0.1) is 0 Å². The van der Waals surface area contributed by atoms with E-state index in [9.17, 15) is 0 Å². The number of fused-ring (bicyclic) bond motifs is 2. The predicted molar refractivity (Wildman–Crippen MR) is 85.6 cm³/mol. The summed E-state index contributed by atoms with van der Waals surface area (Å²) in [5, 5.41) is 0. The molecule has 0 aromatic heterocycles. The minimum absolute atomic E-state index is 0. The molecule has 0 saturated heterocycles. The Morgan fingerprint density at radius 3 is 2.74 bits per heavy atom. The predicted octanol–water partition coefficient (Wildman–Crippen LogP) is -0.348. The quantitative estimate of drug-likeness (QED) is 0.569. The molecule has 4 aliphatic carbocycles. The summed E-state index contributed by atoms with van der Waals surface area (Å²) in [6, 6.07) is 0. The van der Waals surface area contributed by atoms with Gasteiger partial charge in [0.15, 0.2) is 0 Å². The van der Waals surface area contributed by atoms with E-state index in [0.717, 1.165) is 9.54 Å². The molecule has 2 unspecified atom stereocenters. The van der Waals surface area contributed by atoms with Crippen LogP contribution in [0, 0.1) is 5.92 Å². The second-order valence-corrected chi connectivity index (χ2v) is 10.2. The molecule has 2 atom stereocenters. The summed E-state index contributed by atoms with van der Waals surface area (Å²) in [4.78, 5) is 0. The van der Waals surface area contributed by atoms with Crippen LogP contribution in [0.15, 0.2) is 68.1 Å². The third kappa shape index (κ3) is 3.78. The van der Waals surface area contributed by atoms with Crippen LogP contribution in [0.4, 0.5) is 0 Å². The van der Waals surface area contributed by atoms with Gasteiger partial charge in [-0.3, -0.25) is 0 Å². The standard InChI is InChI=1S/C11H11.C9H11.2ClH.Zr/c1-9-7-10-5-3-2-4-6-11(10)8-9;1-2-5-9-7-3-6-8(9)4-1;;;/h2-3,5,8H,4,6H2,1H3;1-2,4,6,9H,3,5,7H2;2*1H;/q;;;;+2/p-2. The van der Waals surface area contributed by atoms with Crippen molar-refractivity contribution in [3.05, 3.63) is 68.1 Å². The molecule has 23 heavy (non-hydrogen) atoms. The molecule has 0 nitrogen and oxygen atoms in total. The van der Waals surface area contributed by atoms with Crippen LogP contribution in [0.2, 0.25) is 3.63 Å². The zero-order valence-electron chi connectivity index (χ0n) is 13.5. The van der Waals surface area contributed by atoms with Crippen molar-refractivity contribution in [1.82, 2.24) is 0 Å². The first-order valence-corrected chi connectivity index (χ1v) is 10.9. The molecular weight excluding hydrogens is 402 g/mol. The van der Waals surface area contributed by atoms with E-state index in [1.54, 1.807) is 20.0 Å². The minimum atomic E-state index is -0.534. The largest absolute Gasteiger partial charge is 1.00 e. The van der Waals surface area contributed by atoms with Crippen molar-refractivity contribution in [3.8, 4) is 0 Å². The van der Waals surface area contributed by atoms with Crippen molar-refractivity contribution >= 4 is 0 Å². The Balaban J connectivity index is 0.000000960. The average molecular weight is 425 g/mol. The van der Waals surface area contributed by atoms with Gasteiger partial charge in [0.05, 0.1) is 0 Å². The Labute approximate surface area is 164 Å². The van der Waals surface area contributed by atoms with Gasteiger partial charge >= 0.3 is 140 Å². The second-order valence-electron chi connectivity index (χ2n) is 6.58. The molecule has 0 spiro atoms. The average Bonchev–Trinajstić information content (AvgIpc) is 2.94. The summed E-state index contributed by atoms with van der Waals surface area (Å²) < 4.78 is 2.75. The number of hydrogen-bond acceptors (Lipinski definition) is 0. The Kier molecular flexibility index (Phi) is 6.96. The van der Waals surface area contributed by atoms with Gasteiger partial charge in [-0.25, -0.2) is 0 Å². The maximum atomic E-state index is 2.48. The Morgan fingerprint density at radius 1 is 1.04 bits per heavy atom. The Hall–Kier alpha value is -0.0969. The van der Waals surface area contributed by atoms with Gasteiger partial charge < -0.3 is 24.8 Å². The second kappa shape index (κ2) is 8.33. The molecule has 0 amide bonds. The van der Waals surface area contributed by atoms with Crippen molar-refractivity contribution in [3.63, 3.8) is 0 Å². The van der Waals surface area contributed by atoms with E-state index < -0.39 is 23.2 Å². The fourth-order valence-corrected chi connectivity index (χ4v) is 8.68. The number of hydrogen-bond donors (Lipinski definition) is 0. The van der Waals surface area contributed by atoms with Crippen molar-refractivity contribution in [2.45, 2.75) is 42.7 Å². The molecule has 3 heteroatoms. The summed E-state index contributed by atoms with van der Waals surface area (Å²) in [5.74, 6) is 0.888. The molecule has 0 N–H and O–H groups in total. The molecule has 1 saturated carbocycles. The zero-order valence-corrected chi connectivity index (χ0v) is 17.5. The van der Waals surface area contributed by atoms with Crippen molar-refractivity contribution in [1.29, 1.82) is 0 Å². The third-order valence-corrected chi connectivity index (χ3v) is 9.95. The molecule has 1 fully saturated rings. The molecule has 0 aromatic carbocycles. The van der Waals surface area contributed by atoms with Crippen LogP contribution in [-0.4, -0.2) is 0 Å². The maximum Gasteiger partial charge on any atom is -1.00 e. The molecule has 0 bridgehead atoms. The van der Waals surface area contributed by atoms with Crippen molar-refractivity contribution < 1.29 is 48.0 Å². The van der Waals surface area contributed by atoms with Gasteiger partial charge in [0, 0.05) is 0 Å². The van der Waals surface area contributed by atoms with Gasteiger partial charge in [-0.1, -0.05) is 0 Å². The Morgan fingerprint density at radius 2 is 1.87 bits per heavy atom. The SMILES string of the molecule is CC1=[C]([Zr+2][CH]2CCC3CC=CC=C32)C2=CC=CCCC2=C1.[Cl-].[Cl-]. The van der Waals surface area contributed by atoms with Gasteiger partial charge in [0.2, 0.25) is 0 Å². The number of rotatable bonds is 2. The fraction of sp³-hybridized carbons (Fsp3) is 0.400. The first-order valence-electron chi connectivity index (χ1n) is 8.25. The van der Waals surface area contributed by atoms with E-state index in [1.807, 2.05) is 5.57 Å².